The van der Waals surface area contributed by atoms with Gasteiger partial charge in [-0.1, -0.05) is 57.0 Å². The minimum absolute atomic E-state index is 0.525. The summed E-state index contributed by atoms with van der Waals surface area (Å²) in [7, 11) is 0. The van der Waals surface area contributed by atoms with E-state index in [0.29, 0.717) is 10.7 Å². The maximum Gasteiger partial charge on any atom is 0.0426 e. The zero-order valence-corrected chi connectivity index (χ0v) is 9.02. The third-order valence-corrected chi connectivity index (χ3v) is 3.76. The molecular weight excluding hydrogens is 256 g/mol. The molecule has 0 N–H and O–H groups in total. The Balaban J connectivity index is 2.71. The molecule has 0 bridgehead atoms. The first-order valence-electron chi connectivity index (χ1n) is 3.33. The van der Waals surface area contributed by atoms with Gasteiger partial charge in [0.25, 0.3) is 0 Å². The van der Waals surface area contributed by atoms with Gasteiger partial charge in [0.1, 0.15) is 0 Å². The van der Waals surface area contributed by atoms with Crippen LogP contribution in [0.15, 0.2) is 23.8 Å². The second-order valence-electron chi connectivity index (χ2n) is 2.52. The van der Waals surface area contributed by atoms with Gasteiger partial charge in [0.15, 0.2) is 0 Å². The average Bonchev–Trinajstić information content (AvgIpc) is 1.95. The number of halogens is 2. The van der Waals surface area contributed by atoms with Gasteiger partial charge in [-0.3, -0.25) is 0 Å². The van der Waals surface area contributed by atoms with E-state index in [1.54, 1.807) is 0 Å². The summed E-state index contributed by atoms with van der Waals surface area (Å²) in [6.07, 6.45) is 6.50. The van der Waals surface area contributed by atoms with E-state index in [1.807, 2.05) is 0 Å². The molecule has 1 aliphatic rings. The number of hydrogen-bond acceptors (Lipinski definition) is 0. The van der Waals surface area contributed by atoms with Gasteiger partial charge >= 0.3 is 0 Å². The Morgan fingerprint density at radius 2 is 2.30 bits per heavy atom. The molecule has 0 aromatic heterocycles. The van der Waals surface area contributed by atoms with Crippen molar-refractivity contribution in [2.24, 2.45) is 5.92 Å². The Kier molecular flexibility index (Phi) is 3.18. The van der Waals surface area contributed by atoms with E-state index in [-0.39, 0.29) is 0 Å². The normalized spacial score (nSPS) is 32.1. The first-order chi connectivity index (χ1) is 4.75. The Morgan fingerprint density at radius 3 is 2.80 bits per heavy atom. The molecule has 0 fully saturated rings. The van der Waals surface area contributed by atoms with Crippen molar-refractivity contribution in [1.29, 1.82) is 0 Å². The Hall–Kier alpha value is 0.440. The third-order valence-electron chi connectivity index (χ3n) is 1.70. The first kappa shape index (κ1) is 8.54. The van der Waals surface area contributed by atoms with Gasteiger partial charge in [0.2, 0.25) is 0 Å². The fourth-order valence-corrected chi connectivity index (χ4v) is 2.46. The zero-order valence-electron chi connectivity index (χ0n) is 5.85. The molecule has 0 aromatic carbocycles. The highest BCUT2D eigenvalue weighted by atomic mass is 79.9. The van der Waals surface area contributed by atoms with Crippen LogP contribution >= 0.6 is 31.9 Å². The van der Waals surface area contributed by atoms with Crippen LogP contribution in [0.1, 0.15) is 6.92 Å². The van der Waals surface area contributed by atoms with E-state index in [1.165, 1.54) is 5.57 Å². The molecule has 2 unspecified atom stereocenters. The predicted octanol–water partition coefficient (Wildman–Crippen LogP) is 3.28. The maximum atomic E-state index is 3.63. The van der Waals surface area contributed by atoms with Crippen molar-refractivity contribution in [2.75, 3.05) is 5.33 Å². The molecule has 2 atom stereocenters. The van der Waals surface area contributed by atoms with Crippen LogP contribution < -0.4 is 0 Å². The highest BCUT2D eigenvalue weighted by Crippen LogP contribution is 2.26. The highest BCUT2D eigenvalue weighted by molar-refractivity contribution is 9.10. The Morgan fingerprint density at radius 1 is 1.60 bits per heavy atom. The van der Waals surface area contributed by atoms with E-state index < -0.39 is 0 Å². The van der Waals surface area contributed by atoms with Gasteiger partial charge in [-0.25, -0.2) is 0 Å². The molecule has 0 saturated heterocycles. The summed E-state index contributed by atoms with van der Waals surface area (Å²) < 4.78 is 0. The van der Waals surface area contributed by atoms with Gasteiger partial charge in [-0.15, -0.1) is 0 Å². The van der Waals surface area contributed by atoms with Gasteiger partial charge < -0.3 is 0 Å². The molecule has 2 heteroatoms. The predicted molar refractivity (Wildman–Crippen MR) is 52.9 cm³/mol. The number of rotatable bonds is 1. The second kappa shape index (κ2) is 3.72. The lowest BCUT2D eigenvalue weighted by Crippen LogP contribution is -2.14. The Labute approximate surface area is 78.6 Å². The lowest BCUT2D eigenvalue weighted by atomic mass is 9.97. The summed E-state index contributed by atoms with van der Waals surface area (Å²) in [4.78, 5) is 0.525. The van der Waals surface area contributed by atoms with Crippen LogP contribution in [0.3, 0.4) is 0 Å². The largest absolute Gasteiger partial charge is 0.0879 e. The highest BCUT2D eigenvalue weighted by Gasteiger charge is 2.16. The smallest absolute Gasteiger partial charge is 0.0426 e. The van der Waals surface area contributed by atoms with Crippen LogP contribution in [0.5, 0.6) is 0 Å². The first-order valence-corrected chi connectivity index (χ1v) is 5.36. The third kappa shape index (κ3) is 1.73. The van der Waals surface area contributed by atoms with Gasteiger partial charge in [-0.05, 0) is 11.5 Å². The SMILES string of the molecule is CC1C=CC=C(CBr)C1Br. The molecule has 0 aliphatic heterocycles. The lowest BCUT2D eigenvalue weighted by Gasteiger charge is -2.19. The van der Waals surface area contributed by atoms with E-state index in [2.05, 4.69) is 57.0 Å². The van der Waals surface area contributed by atoms with E-state index >= 15 is 0 Å². The van der Waals surface area contributed by atoms with Crippen molar-refractivity contribution in [3.05, 3.63) is 23.8 Å². The summed E-state index contributed by atoms with van der Waals surface area (Å²) in [6, 6.07) is 0. The maximum absolute atomic E-state index is 3.63. The van der Waals surface area contributed by atoms with Crippen LogP contribution in [-0.2, 0) is 0 Å². The summed E-state index contributed by atoms with van der Waals surface area (Å²) in [5.41, 5.74) is 1.43. The topological polar surface area (TPSA) is 0 Å². The molecule has 56 valence electrons. The summed E-state index contributed by atoms with van der Waals surface area (Å²) >= 11 is 7.08. The van der Waals surface area contributed by atoms with Crippen molar-refractivity contribution >= 4 is 31.9 Å². The number of alkyl halides is 2. The standard InChI is InChI=1S/C8H10Br2/c1-6-3-2-4-7(5-9)8(6)10/h2-4,6,8H,5H2,1H3. The molecule has 10 heavy (non-hydrogen) atoms. The van der Waals surface area contributed by atoms with Gasteiger partial charge in [-0.2, -0.15) is 0 Å². The van der Waals surface area contributed by atoms with Crippen molar-refractivity contribution in [3.8, 4) is 0 Å². The average molecular weight is 266 g/mol. The minimum atomic E-state index is 0.525. The molecule has 1 rings (SSSR count). The van der Waals surface area contributed by atoms with Crippen LogP contribution in [0.4, 0.5) is 0 Å². The molecule has 1 aliphatic carbocycles. The van der Waals surface area contributed by atoms with Gasteiger partial charge in [0, 0.05) is 10.2 Å². The van der Waals surface area contributed by atoms with Crippen molar-refractivity contribution < 1.29 is 0 Å². The van der Waals surface area contributed by atoms with E-state index in [9.17, 15) is 0 Å². The van der Waals surface area contributed by atoms with Crippen LogP contribution in [0.2, 0.25) is 0 Å². The van der Waals surface area contributed by atoms with Crippen molar-refractivity contribution in [2.45, 2.75) is 11.8 Å². The van der Waals surface area contributed by atoms with Crippen LogP contribution in [0.25, 0.3) is 0 Å². The Bertz CT molecular complexity index is 170. The molecule has 0 radical (unpaired) electrons. The fourth-order valence-electron chi connectivity index (χ4n) is 1.000. The van der Waals surface area contributed by atoms with E-state index in [0.717, 1.165) is 5.33 Å². The summed E-state index contributed by atoms with van der Waals surface area (Å²) in [5, 5.41) is 0.970. The fraction of sp³-hybridized carbons (Fsp3) is 0.500. The van der Waals surface area contributed by atoms with Crippen molar-refractivity contribution in [1.82, 2.24) is 0 Å². The van der Waals surface area contributed by atoms with Gasteiger partial charge in [0.05, 0.1) is 0 Å². The molecule has 0 heterocycles. The second-order valence-corrected chi connectivity index (χ2v) is 4.07. The molecule has 0 saturated carbocycles. The summed E-state index contributed by atoms with van der Waals surface area (Å²) in [6.45, 7) is 2.21. The minimum Gasteiger partial charge on any atom is -0.0879 e. The zero-order chi connectivity index (χ0) is 7.56. The molecule has 0 spiro atoms. The summed E-state index contributed by atoms with van der Waals surface area (Å²) in [5.74, 6) is 0.623. The number of hydrogen-bond donors (Lipinski definition) is 0. The molecular formula is C8H10Br2. The molecule has 0 nitrogen and oxygen atoms in total. The number of allylic oxidation sites excluding steroid dienone is 4. The van der Waals surface area contributed by atoms with Crippen LogP contribution in [0, 0.1) is 5.92 Å². The van der Waals surface area contributed by atoms with Crippen molar-refractivity contribution in [3.63, 3.8) is 0 Å². The quantitative estimate of drug-likeness (QED) is 0.639. The monoisotopic (exact) mass is 264 g/mol. The van der Waals surface area contributed by atoms with E-state index in [4.69, 9.17) is 0 Å². The lowest BCUT2D eigenvalue weighted by molar-refractivity contribution is 0.736. The van der Waals surface area contributed by atoms with Crippen LogP contribution in [-0.4, -0.2) is 10.2 Å². The molecule has 0 aromatic rings. The molecule has 0 amide bonds.